The van der Waals surface area contributed by atoms with Gasteiger partial charge < -0.3 is 34.8 Å². The molecule has 12 nitrogen and oxygen atoms in total. The second kappa shape index (κ2) is 39.5. The second-order valence-corrected chi connectivity index (χ2v) is 16.7. The maximum Gasteiger partial charge on any atom is 0.472 e. The Morgan fingerprint density at radius 2 is 1.22 bits per heavy atom. The number of hydrogen-bond acceptors (Lipinski definition) is 11. The van der Waals surface area contributed by atoms with E-state index in [9.17, 15) is 34.4 Å². The van der Waals surface area contributed by atoms with Crippen LogP contribution in [0.4, 0.5) is 0 Å². The number of carbonyl (C=O) groups excluding carboxylic acids is 2. The molecule has 13 heteroatoms. The molecule has 0 amide bonds. The van der Waals surface area contributed by atoms with Gasteiger partial charge in [-0.05, 0) is 44.4 Å². The summed E-state index contributed by atoms with van der Waals surface area (Å²) in [6.07, 6.45) is 36.6. The Morgan fingerprint density at radius 3 is 1.83 bits per heavy atom. The van der Waals surface area contributed by atoms with E-state index in [0.717, 1.165) is 31.6 Å². The Bertz CT molecular complexity index is 1260. The number of phosphoric acid groups is 1. The second-order valence-electron chi connectivity index (χ2n) is 15.2. The summed E-state index contributed by atoms with van der Waals surface area (Å²) < 4.78 is 32.6. The van der Waals surface area contributed by atoms with E-state index in [1.165, 1.54) is 57.8 Å². The first-order chi connectivity index (χ1) is 28.4. The molecule has 59 heavy (non-hydrogen) atoms. The third-order valence-electron chi connectivity index (χ3n) is 8.98. The lowest BCUT2D eigenvalue weighted by Gasteiger charge is -2.20. The van der Waals surface area contributed by atoms with E-state index in [1.807, 2.05) is 49.5 Å². The quantitative estimate of drug-likeness (QED) is 0.0130. The van der Waals surface area contributed by atoms with Crippen LogP contribution >= 0.6 is 7.82 Å². The van der Waals surface area contributed by atoms with E-state index >= 15 is 0 Å². The lowest BCUT2D eigenvalue weighted by Crippen LogP contribution is -2.29. The van der Waals surface area contributed by atoms with Crippen molar-refractivity contribution in [2.24, 2.45) is 5.92 Å². The molecular weight excluding hydrogens is 775 g/mol. The summed E-state index contributed by atoms with van der Waals surface area (Å²) in [4.78, 5) is 35.0. The molecule has 0 rings (SSSR count). The van der Waals surface area contributed by atoms with Gasteiger partial charge in [-0.3, -0.25) is 18.6 Å². The molecule has 5 atom stereocenters. The van der Waals surface area contributed by atoms with Gasteiger partial charge in [0.15, 0.2) is 6.10 Å². The smallest absolute Gasteiger partial charge is 0.462 e. The van der Waals surface area contributed by atoms with Crippen LogP contribution in [0.15, 0.2) is 72.9 Å². The van der Waals surface area contributed by atoms with Crippen molar-refractivity contribution in [3.8, 4) is 0 Å². The molecule has 0 fully saturated rings. The summed E-state index contributed by atoms with van der Waals surface area (Å²) in [6.45, 7) is 4.27. The van der Waals surface area contributed by atoms with Crippen LogP contribution in [0.2, 0.25) is 0 Å². The number of phosphoric ester groups is 1. The predicted molar refractivity (Wildman–Crippen MR) is 235 cm³/mol. The normalized spacial score (nSPS) is 15.7. The minimum Gasteiger partial charge on any atom is -0.462 e. The van der Waals surface area contributed by atoms with E-state index in [0.29, 0.717) is 32.1 Å². The van der Waals surface area contributed by atoms with Crippen molar-refractivity contribution in [3.63, 3.8) is 0 Å². The van der Waals surface area contributed by atoms with Crippen LogP contribution in [-0.2, 0) is 32.7 Å². The number of rotatable bonds is 39. The van der Waals surface area contributed by atoms with E-state index in [2.05, 4.69) is 18.4 Å². The summed E-state index contributed by atoms with van der Waals surface area (Å²) in [5.74, 6) is -0.320. The minimum absolute atomic E-state index is 0.0528. The van der Waals surface area contributed by atoms with Crippen molar-refractivity contribution in [3.05, 3.63) is 72.9 Å². The third kappa shape index (κ3) is 40.5. The number of hydrogen-bond donors (Lipinski definition) is 5. The Labute approximate surface area is 355 Å². The minimum atomic E-state index is -4.67. The number of unbranched alkanes of at least 4 members (excludes halogenated alkanes) is 12. The summed E-state index contributed by atoms with van der Waals surface area (Å²) in [5, 5.41) is 38.3. The van der Waals surface area contributed by atoms with Crippen LogP contribution in [0, 0.1) is 5.92 Å². The van der Waals surface area contributed by atoms with Gasteiger partial charge in [0.25, 0.3) is 0 Å². The van der Waals surface area contributed by atoms with Crippen molar-refractivity contribution in [2.45, 2.75) is 174 Å². The average Bonchev–Trinajstić information content (AvgIpc) is 3.20. The van der Waals surface area contributed by atoms with Crippen molar-refractivity contribution >= 4 is 19.8 Å². The van der Waals surface area contributed by atoms with Gasteiger partial charge in [0.05, 0.1) is 32.0 Å². The lowest BCUT2D eigenvalue weighted by molar-refractivity contribution is -0.161. The number of allylic oxidation sites excluding steroid dienone is 8. The van der Waals surface area contributed by atoms with E-state index in [1.54, 1.807) is 30.4 Å². The van der Waals surface area contributed by atoms with Gasteiger partial charge >= 0.3 is 19.8 Å². The number of esters is 2. The molecule has 5 N–H and O–H groups in total. The number of ether oxygens (including phenoxy) is 2. The first kappa shape index (κ1) is 56.3. The standard InChI is InChI=1S/C46H79O12P/c1-4-5-22-30-41(48)31-24-18-14-12-15-19-25-32-42(49)33-26-21-28-34-45(51)55-38-44(39-57-59(53,54)56-37-43(50)36-47)58-46(52)35-27-20-16-11-9-7-6-8-10-13-17-23-29-40(2)3/h5,14-15,18-19,22,24-26,31-33,40-44,47-50H,4,6-13,16-17,20-21,23,27-30,34-39H2,1-3H3,(H,53,54)/b18-14-,19-15-,22-5-,31-24+,32-25+,33-26-/t41-,42-,43+,44-/m1/s1. The molecule has 0 saturated heterocycles. The maximum absolute atomic E-state index is 12.6. The molecule has 0 aromatic carbocycles. The molecule has 0 aromatic rings. The van der Waals surface area contributed by atoms with Gasteiger partial charge in [0, 0.05) is 12.8 Å². The Balaban J connectivity index is 4.54. The molecule has 0 bridgehead atoms. The molecule has 340 valence electrons. The molecule has 0 radical (unpaired) electrons. The Kier molecular flexibility index (Phi) is 37.7. The van der Waals surface area contributed by atoms with Crippen molar-refractivity contribution in [1.82, 2.24) is 0 Å². The van der Waals surface area contributed by atoms with Crippen LogP contribution in [0.25, 0.3) is 0 Å². The highest BCUT2D eigenvalue weighted by Crippen LogP contribution is 2.43. The first-order valence-corrected chi connectivity index (χ1v) is 23.5. The first-order valence-electron chi connectivity index (χ1n) is 22.0. The van der Waals surface area contributed by atoms with Gasteiger partial charge in [-0.15, -0.1) is 0 Å². The highest BCUT2D eigenvalue weighted by Gasteiger charge is 2.27. The lowest BCUT2D eigenvalue weighted by atomic mass is 10.0. The van der Waals surface area contributed by atoms with Crippen LogP contribution in [-0.4, -0.2) is 88.1 Å². The van der Waals surface area contributed by atoms with Crippen molar-refractivity contribution in [1.29, 1.82) is 0 Å². The Hall–Kier alpha value is -2.67. The average molecular weight is 855 g/mol. The molecule has 0 saturated carbocycles. The molecule has 0 aromatic heterocycles. The van der Waals surface area contributed by atoms with E-state index < -0.39 is 70.6 Å². The largest absolute Gasteiger partial charge is 0.472 e. The predicted octanol–water partition coefficient (Wildman–Crippen LogP) is 9.47. The topological polar surface area (TPSA) is 189 Å². The zero-order valence-electron chi connectivity index (χ0n) is 36.3. The van der Waals surface area contributed by atoms with Gasteiger partial charge in [0.2, 0.25) is 0 Å². The zero-order valence-corrected chi connectivity index (χ0v) is 37.2. The molecule has 0 aliphatic heterocycles. The summed E-state index contributed by atoms with van der Waals surface area (Å²) >= 11 is 0. The van der Waals surface area contributed by atoms with Gasteiger partial charge in [0.1, 0.15) is 12.7 Å². The number of aliphatic hydroxyl groups excluding tert-OH is 4. The van der Waals surface area contributed by atoms with Crippen molar-refractivity contribution in [2.75, 3.05) is 26.4 Å². The summed E-state index contributed by atoms with van der Waals surface area (Å²) in [5.41, 5.74) is 0. The van der Waals surface area contributed by atoms with Crippen LogP contribution < -0.4 is 0 Å². The van der Waals surface area contributed by atoms with Gasteiger partial charge in [-0.1, -0.05) is 171 Å². The maximum atomic E-state index is 12.6. The molecule has 0 heterocycles. The Morgan fingerprint density at radius 1 is 0.644 bits per heavy atom. The number of aliphatic hydroxyl groups is 4. The fourth-order valence-electron chi connectivity index (χ4n) is 5.56. The van der Waals surface area contributed by atoms with Crippen LogP contribution in [0.1, 0.15) is 149 Å². The fraction of sp³-hybridized carbons (Fsp3) is 0.696. The highest BCUT2D eigenvalue weighted by molar-refractivity contribution is 7.47. The highest BCUT2D eigenvalue weighted by atomic mass is 31.2. The molecular formula is C46H79O12P. The van der Waals surface area contributed by atoms with Gasteiger partial charge in [-0.2, -0.15) is 0 Å². The van der Waals surface area contributed by atoms with E-state index in [-0.39, 0.29) is 12.8 Å². The fourth-order valence-corrected chi connectivity index (χ4v) is 6.35. The SMILES string of the molecule is CC/C=C\C[C@@H](O)/C=C/C=C\C/C=C\C=C\[C@@H](O)/C=C\CCCC(=O)OC[C@H](COP(=O)(O)OC[C@@H](O)CO)OC(=O)CCCCCCCCCCCCCCC(C)C. The van der Waals surface area contributed by atoms with Gasteiger partial charge in [-0.25, -0.2) is 4.57 Å². The van der Waals surface area contributed by atoms with Crippen LogP contribution in [0.5, 0.6) is 0 Å². The zero-order chi connectivity index (χ0) is 43.8. The number of carbonyl (C=O) groups is 2. The van der Waals surface area contributed by atoms with Crippen molar-refractivity contribution < 1.29 is 58.0 Å². The van der Waals surface area contributed by atoms with E-state index in [4.69, 9.17) is 19.1 Å². The van der Waals surface area contributed by atoms with Crippen LogP contribution in [0.3, 0.4) is 0 Å². The monoisotopic (exact) mass is 855 g/mol. The summed E-state index contributed by atoms with van der Waals surface area (Å²) in [6, 6.07) is 0. The molecule has 1 unspecified atom stereocenters. The third-order valence-corrected chi connectivity index (χ3v) is 9.93. The molecule has 0 spiro atoms. The molecule has 0 aliphatic rings. The molecule has 0 aliphatic carbocycles. The summed E-state index contributed by atoms with van der Waals surface area (Å²) in [7, 11) is -4.67.